The first-order valence-corrected chi connectivity index (χ1v) is 6.74. The predicted molar refractivity (Wildman–Crippen MR) is 74.8 cm³/mol. The second kappa shape index (κ2) is 4.45. The fourth-order valence-corrected chi connectivity index (χ4v) is 2.86. The molecule has 0 fully saturated rings. The van der Waals surface area contributed by atoms with Crippen LogP contribution in [0.4, 0.5) is 0 Å². The summed E-state index contributed by atoms with van der Waals surface area (Å²) in [7, 11) is 0. The van der Waals surface area contributed by atoms with Crippen LogP contribution >= 0.6 is 11.3 Å². The molecular weight excluding hydrogens is 264 g/mol. The molecule has 2 heterocycles. The first-order chi connectivity index (χ1) is 8.74. The molecule has 0 aliphatic carbocycles. The quantitative estimate of drug-likeness (QED) is 0.935. The van der Waals surface area contributed by atoms with Gasteiger partial charge in [-0.15, -0.1) is 11.3 Å². The summed E-state index contributed by atoms with van der Waals surface area (Å²) in [6, 6.07) is 0. The Morgan fingerprint density at radius 3 is 2.68 bits per heavy atom. The highest BCUT2D eigenvalue weighted by Gasteiger charge is 2.28. The van der Waals surface area contributed by atoms with Crippen molar-refractivity contribution in [1.29, 1.82) is 0 Å². The van der Waals surface area contributed by atoms with E-state index in [1.807, 2.05) is 13.8 Å². The molecular formula is C13H16N2O3S. The minimum atomic E-state index is -1.00. The van der Waals surface area contributed by atoms with Gasteiger partial charge in [-0.05, 0) is 33.3 Å². The summed E-state index contributed by atoms with van der Waals surface area (Å²) >= 11 is 1.49. The predicted octanol–water partition coefficient (Wildman–Crippen LogP) is 2.19. The highest BCUT2D eigenvalue weighted by atomic mass is 32.1. The Morgan fingerprint density at radius 2 is 2.11 bits per heavy atom. The third-order valence-corrected chi connectivity index (χ3v) is 4.42. The lowest BCUT2D eigenvalue weighted by atomic mass is 9.94. The van der Waals surface area contributed by atoms with E-state index in [2.05, 4.69) is 4.98 Å². The molecule has 5 nitrogen and oxygen atoms in total. The largest absolute Gasteiger partial charge is 0.481 e. The molecule has 102 valence electrons. The van der Waals surface area contributed by atoms with Crippen LogP contribution < -0.4 is 5.56 Å². The molecule has 0 aliphatic heterocycles. The molecule has 0 aliphatic rings. The van der Waals surface area contributed by atoms with Gasteiger partial charge in [0.25, 0.3) is 5.56 Å². The molecule has 2 aromatic rings. The SMILES string of the molecule is Cc1sc2ncn(CC(C)(C)C(=O)O)c(=O)c2c1C. The van der Waals surface area contributed by atoms with Crippen molar-refractivity contribution in [3.63, 3.8) is 0 Å². The minimum Gasteiger partial charge on any atom is -0.481 e. The summed E-state index contributed by atoms with van der Waals surface area (Å²) < 4.78 is 1.38. The molecule has 2 rings (SSSR count). The number of rotatable bonds is 3. The zero-order chi connectivity index (χ0) is 14.4. The highest BCUT2D eigenvalue weighted by Crippen LogP contribution is 2.26. The van der Waals surface area contributed by atoms with Crippen molar-refractivity contribution in [1.82, 2.24) is 9.55 Å². The number of aryl methyl sites for hydroxylation is 2. The van der Waals surface area contributed by atoms with Crippen molar-refractivity contribution in [2.45, 2.75) is 34.2 Å². The molecule has 0 aromatic carbocycles. The van der Waals surface area contributed by atoms with Crippen molar-refractivity contribution >= 4 is 27.5 Å². The van der Waals surface area contributed by atoms with Crippen LogP contribution in [0.25, 0.3) is 10.2 Å². The summed E-state index contributed by atoms with van der Waals surface area (Å²) in [6.45, 7) is 7.14. The third-order valence-electron chi connectivity index (χ3n) is 3.30. The van der Waals surface area contributed by atoms with Gasteiger partial charge in [0, 0.05) is 11.4 Å². The molecule has 0 saturated carbocycles. The van der Waals surface area contributed by atoms with Gasteiger partial charge < -0.3 is 5.11 Å². The number of carboxylic acids is 1. The average molecular weight is 280 g/mol. The molecule has 2 aromatic heterocycles. The van der Waals surface area contributed by atoms with Crippen LogP contribution in [0.3, 0.4) is 0 Å². The van der Waals surface area contributed by atoms with E-state index >= 15 is 0 Å². The number of nitrogens with zero attached hydrogens (tertiary/aromatic N) is 2. The zero-order valence-corrected chi connectivity index (χ0v) is 12.2. The summed E-state index contributed by atoms with van der Waals surface area (Å²) in [5.41, 5.74) is -0.237. The van der Waals surface area contributed by atoms with Crippen LogP contribution in [0.15, 0.2) is 11.1 Å². The molecule has 0 atom stereocenters. The van der Waals surface area contributed by atoms with Crippen LogP contribution in [-0.2, 0) is 11.3 Å². The lowest BCUT2D eigenvalue weighted by Gasteiger charge is -2.19. The van der Waals surface area contributed by atoms with Gasteiger partial charge >= 0.3 is 5.97 Å². The Kier molecular flexibility index (Phi) is 3.22. The summed E-state index contributed by atoms with van der Waals surface area (Å²) in [5.74, 6) is -0.933. The number of fused-ring (bicyclic) bond motifs is 1. The standard InChI is InChI=1S/C13H16N2O3S/c1-7-8(2)19-10-9(7)11(16)15(6-14-10)5-13(3,4)12(17)18/h6H,5H2,1-4H3,(H,17,18). The van der Waals surface area contributed by atoms with E-state index < -0.39 is 11.4 Å². The monoisotopic (exact) mass is 280 g/mol. The number of hydrogen-bond donors (Lipinski definition) is 1. The smallest absolute Gasteiger partial charge is 0.310 e. The second-order valence-electron chi connectivity index (χ2n) is 5.33. The van der Waals surface area contributed by atoms with Crippen molar-refractivity contribution in [2.24, 2.45) is 5.41 Å². The van der Waals surface area contributed by atoms with E-state index in [4.69, 9.17) is 5.11 Å². The third kappa shape index (κ3) is 2.28. The fraction of sp³-hybridized carbons (Fsp3) is 0.462. The zero-order valence-electron chi connectivity index (χ0n) is 11.4. The molecule has 0 unspecified atom stereocenters. The maximum absolute atomic E-state index is 12.4. The summed E-state index contributed by atoms with van der Waals surface area (Å²) in [6.07, 6.45) is 1.44. The summed E-state index contributed by atoms with van der Waals surface area (Å²) in [4.78, 5) is 29.6. The van der Waals surface area contributed by atoms with E-state index in [0.29, 0.717) is 10.2 Å². The van der Waals surface area contributed by atoms with E-state index in [-0.39, 0.29) is 12.1 Å². The van der Waals surface area contributed by atoms with Crippen molar-refractivity contribution in [3.8, 4) is 0 Å². The number of carbonyl (C=O) groups is 1. The fourth-order valence-electron chi connectivity index (χ4n) is 1.88. The van der Waals surface area contributed by atoms with Crippen molar-refractivity contribution in [2.75, 3.05) is 0 Å². The van der Waals surface area contributed by atoms with Crippen LogP contribution in [0.1, 0.15) is 24.3 Å². The Bertz CT molecular complexity index is 712. The van der Waals surface area contributed by atoms with E-state index in [0.717, 1.165) is 10.4 Å². The maximum Gasteiger partial charge on any atom is 0.310 e. The van der Waals surface area contributed by atoms with Crippen LogP contribution in [0.5, 0.6) is 0 Å². The Morgan fingerprint density at radius 1 is 1.47 bits per heavy atom. The van der Waals surface area contributed by atoms with Gasteiger partial charge in [0.1, 0.15) is 4.83 Å². The molecule has 0 bridgehead atoms. The van der Waals surface area contributed by atoms with Gasteiger partial charge in [0.15, 0.2) is 0 Å². The van der Waals surface area contributed by atoms with Crippen molar-refractivity contribution < 1.29 is 9.90 Å². The molecule has 0 saturated heterocycles. The molecule has 0 amide bonds. The van der Waals surface area contributed by atoms with Crippen molar-refractivity contribution in [3.05, 3.63) is 27.1 Å². The lowest BCUT2D eigenvalue weighted by molar-refractivity contribution is -0.147. The lowest BCUT2D eigenvalue weighted by Crippen LogP contribution is -2.34. The summed E-state index contributed by atoms with van der Waals surface area (Å²) in [5, 5.41) is 9.73. The topological polar surface area (TPSA) is 72.2 Å². The number of thiophene rings is 1. The average Bonchev–Trinajstić information content (AvgIpc) is 2.59. The van der Waals surface area contributed by atoms with Gasteiger partial charge in [-0.1, -0.05) is 0 Å². The van der Waals surface area contributed by atoms with Crippen LogP contribution in [0.2, 0.25) is 0 Å². The van der Waals surface area contributed by atoms with E-state index in [9.17, 15) is 9.59 Å². The second-order valence-corrected chi connectivity index (χ2v) is 6.53. The highest BCUT2D eigenvalue weighted by molar-refractivity contribution is 7.18. The molecule has 1 N–H and O–H groups in total. The van der Waals surface area contributed by atoms with Gasteiger partial charge in [-0.3, -0.25) is 14.2 Å². The first-order valence-electron chi connectivity index (χ1n) is 5.92. The maximum atomic E-state index is 12.4. The van der Waals surface area contributed by atoms with Crippen LogP contribution in [-0.4, -0.2) is 20.6 Å². The minimum absolute atomic E-state index is 0.110. The number of carboxylic acid groups (broad SMARTS) is 1. The molecule has 19 heavy (non-hydrogen) atoms. The van der Waals surface area contributed by atoms with E-state index in [1.165, 1.54) is 22.2 Å². The first kappa shape index (κ1) is 13.7. The number of aromatic nitrogens is 2. The molecule has 0 spiro atoms. The normalized spacial score (nSPS) is 12.0. The van der Waals surface area contributed by atoms with Gasteiger partial charge in [0.2, 0.25) is 0 Å². The number of aliphatic carboxylic acids is 1. The van der Waals surface area contributed by atoms with Gasteiger partial charge in [-0.25, -0.2) is 4.98 Å². The van der Waals surface area contributed by atoms with Crippen LogP contribution in [0, 0.1) is 19.3 Å². The Balaban J connectivity index is 2.58. The molecule has 0 radical (unpaired) electrons. The number of hydrogen-bond acceptors (Lipinski definition) is 4. The molecule has 6 heteroatoms. The Labute approximate surface area is 114 Å². The van der Waals surface area contributed by atoms with Gasteiger partial charge in [-0.2, -0.15) is 0 Å². The van der Waals surface area contributed by atoms with E-state index in [1.54, 1.807) is 13.8 Å². The Hall–Kier alpha value is -1.69. The van der Waals surface area contributed by atoms with Gasteiger partial charge in [0.05, 0.1) is 17.1 Å².